The molecule has 0 aliphatic heterocycles. The lowest BCUT2D eigenvalue weighted by Crippen LogP contribution is -2.15. The molecule has 0 fully saturated rings. The number of nitrogens with zero attached hydrogens (tertiary/aromatic N) is 2. The topological polar surface area (TPSA) is 43.0 Å². The Hall–Kier alpha value is -0.590. The van der Waals surface area contributed by atoms with E-state index in [2.05, 4.69) is 42.2 Å². The molecule has 2 aromatic heterocycles. The molecular weight excluding hydrogens is 338 g/mol. The zero-order chi connectivity index (χ0) is 11.5. The van der Waals surface area contributed by atoms with E-state index in [1.165, 1.54) is 0 Å². The van der Waals surface area contributed by atoms with Gasteiger partial charge in [0.2, 0.25) is 0 Å². The number of imidazole rings is 1. The van der Waals surface area contributed by atoms with E-state index >= 15 is 0 Å². The standard InChI is InChI=1S/C10H11Br2N3O/c1-15-3-2-14-9(15)6-13-5-7-4-8(11)10(12)16-7/h2-4,13H,5-6H2,1H3. The van der Waals surface area contributed by atoms with Crippen LogP contribution in [0.1, 0.15) is 11.6 Å². The number of aromatic nitrogens is 2. The summed E-state index contributed by atoms with van der Waals surface area (Å²) in [7, 11) is 1.98. The molecule has 6 heteroatoms. The smallest absolute Gasteiger partial charge is 0.183 e. The van der Waals surface area contributed by atoms with Crippen LogP contribution < -0.4 is 5.32 Å². The second-order valence-corrected chi connectivity index (χ2v) is 4.97. The molecule has 86 valence electrons. The van der Waals surface area contributed by atoms with Gasteiger partial charge < -0.3 is 14.3 Å². The van der Waals surface area contributed by atoms with Crippen LogP contribution in [0.15, 0.2) is 32.0 Å². The molecule has 0 amide bonds. The molecule has 0 bridgehead atoms. The third-order valence-corrected chi connectivity index (χ3v) is 3.91. The van der Waals surface area contributed by atoms with E-state index in [4.69, 9.17) is 4.42 Å². The van der Waals surface area contributed by atoms with E-state index in [0.717, 1.165) is 27.3 Å². The number of rotatable bonds is 4. The van der Waals surface area contributed by atoms with Gasteiger partial charge in [-0.25, -0.2) is 4.98 Å². The van der Waals surface area contributed by atoms with Gasteiger partial charge >= 0.3 is 0 Å². The Bertz CT molecular complexity index is 459. The van der Waals surface area contributed by atoms with Crippen LogP contribution in [0, 0.1) is 0 Å². The predicted octanol–water partition coefficient (Wildman–Crippen LogP) is 2.83. The van der Waals surface area contributed by atoms with Crippen molar-refractivity contribution in [1.82, 2.24) is 14.9 Å². The summed E-state index contributed by atoms with van der Waals surface area (Å²) in [5.74, 6) is 1.89. The monoisotopic (exact) mass is 347 g/mol. The van der Waals surface area contributed by atoms with Gasteiger partial charge in [0, 0.05) is 19.4 Å². The second kappa shape index (κ2) is 5.16. The van der Waals surface area contributed by atoms with E-state index < -0.39 is 0 Å². The van der Waals surface area contributed by atoms with Crippen molar-refractivity contribution in [3.63, 3.8) is 0 Å². The first-order valence-electron chi connectivity index (χ1n) is 4.77. The van der Waals surface area contributed by atoms with Gasteiger partial charge in [-0.1, -0.05) is 0 Å². The van der Waals surface area contributed by atoms with Crippen LogP contribution in [0.3, 0.4) is 0 Å². The van der Waals surface area contributed by atoms with Gasteiger partial charge in [0.25, 0.3) is 0 Å². The highest BCUT2D eigenvalue weighted by molar-refractivity contribution is 9.13. The molecule has 2 heterocycles. The van der Waals surface area contributed by atoms with Gasteiger partial charge in [0.15, 0.2) is 4.67 Å². The molecule has 4 nitrogen and oxygen atoms in total. The maximum Gasteiger partial charge on any atom is 0.183 e. The quantitative estimate of drug-likeness (QED) is 0.923. The number of furan rings is 1. The molecule has 0 spiro atoms. The summed E-state index contributed by atoms with van der Waals surface area (Å²) in [6, 6.07) is 1.94. The molecule has 0 saturated carbocycles. The van der Waals surface area contributed by atoms with E-state index in [0.29, 0.717) is 6.54 Å². The van der Waals surface area contributed by atoms with Crippen LogP contribution in [0.25, 0.3) is 0 Å². The lowest BCUT2D eigenvalue weighted by molar-refractivity contribution is 0.461. The summed E-state index contributed by atoms with van der Waals surface area (Å²) in [5, 5.41) is 3.27. The van der Waals surface area contributed by atoms with Crippen molar-refractivity contribution >= 4 is 31.9 Å². The van der Waals surface area contributed by atoms with Gasteiger partial charge in [-0.3, -0.25) is 0 Å². The van der Waals surface area contributed by atoms with E-state index in [-0.39, 0.29) is 0 Å². The Morgan fingerprint density at radius 2 is 2.25 bits per heavy atom. The van der Waals surface area contributed by atoms with Crippen molar-refractivity contribution in [2.45, 2.75) is 13.1 Å². The summed E-state index contributed by atoms with van der Waals surface area (Å²) in [6.07, 6.45) is 3.72. The van der Waals surface area contributed by atoms with Crippen LogP contribution >= 0.6 is 31.9 Å². The first kappa shape index (κ1) is 11.9. The minimum absolute atomic E-state index is 0.678. The van der Waals surface area contributed by atoms with Crippen LogP contribution in [-0.2, 0) is 20.1 Å². The Kier molecular flexibility index (Phi) is 3.83. The number of halogens is 2. The molecule has 1 N–H and O–H groups in total. The highest BCUT2D eigenvalue weighted by Crippen LogP contribution is 2.26. The van der Waals surface area contributed by atoms with Crippen LogP contribution in [-0.4, -0.2) is 9.55 Å². The molecule has 16 heavy (non-hydrogen) atoms. The minimum Gasteiger partial charge on any atom is -0.452 e. The summed E-state index contributed by atoms with van der Waals surface area (Å²) >= 11 is 6.67. The molecule has 0 unspecified atom stereocenters. The lowest BCUT2D eigenvalue weighted by Gasteiger charge is -2.02. The molecule has 0 radical (unpaired) electrons. The Labute approximate surface area is 110 Å². The SMILES string of the molecule is Cn1ccnc1CNCc1cc(Br)c(Br)o1. The van der Waals surface area contributed by atoms with E-state index in [9.17, 15) is 0 Å². The molecule has 2 aromatic rings. The van der Waals surface area contributed by atoms with Crippen LogP contribution in [0.4, 0.5) is 0 Å². The number of aryl methyl sites for hydroxylation is 1. The Balaban J connectivity index is 1.87. The fraction of sp³-hybridized carbons (Fsp3) is 0.300. The van der Waals surface area contributed by atoms with Gasteiger partial charge in [-0.15, -0.1) is 0 Å². The summed E-state index contributed by atoms with van der Waals surface area (Å²) in [4.78, 5) is 4.22. The summed E-state index contributed by atoms with van der Waals surface area (Å²) in [6.45, 7) is 1.40. The van der Waals surface area contributed by atoms with E-state index in [1.54, 1.807) is 6.20 Å². The fourth-order valence-electron chi connectivity index (χ4n) is 1.34. The Morgan fingerprint density at radius 1 is 1.44 bits per heavy atom. The summed E-state index contributed by atoms with van der Waals surface area (Å²) < 4.78 is 9.09. The zero-order valence-corrected chi connectivity index (χ0v) is 11.9. The van der Waals surface area contributed by atoms with Crippen molar-refractivity contribution in [3.05, 3.63) is 39.2 Å². The molecule has 0 atom stereocenters. The van der Waals surface area contributed by atoms with Crippen LogP contribution in [0.5, 0.6) is 0 Å². The fourth-order valence-corrected chi connectivity index (χ4v) is 2.00. The van der Waals surface area contributed by atoms with E-state index in [1.807, 2.05) is 23.9 Å². The number of hydrogen-bond acceptors (Lipinski definition) is 3. The normalized spacial score (nSPS) is 10.9. The largest absolute Gasteiger partial charge is 0.452 e. The molecular formula is C10H11Br2N3O. The van der Waals surface area contributed by atoms with Crippen molar-refractivity contribution in [3.8, 4) is 0 Å². The minimum atomic E-state index is 0.678. The molecule has 2 rings (SSSR count). The number of nitrogens with one attached hydrogen (secondary N) is 1. The van der Waals surface area contributed by atoms with Gasteiger partial charge in [-0.05, 0) is 37.9 Å². The average molecular weight is 349 g/mol. The molecule has 0 aromatic carbocycles. The Morgan fingerprint density at radius 3 is 2.81 bits per heavy atom. The molecule has 0 saturated heterocycles. The van der Waals surface area contributed by atoms with Crippen LogP contribution in [0.2, 0.25) is 0 Å². The highest BCUT2D eigenvalue weighted by atomic mass is 79.9. The van der Waals surface area contributed by atoms with Crippen molar-refractivity contribution in [2.75, 3.05) is 0 Å². The second-order valence-electron chi connectivity index (χ2n) is 3.39. The summed E-state index contributed by atoms with van der Waals surface area (Å²) in [5.41, 5.74) is 0. The third kappa shape index (κ3) is 2.75. The first-order chi connectivity index (χ1) is 7.66. The lowest BCUT2D eigenvalue weighted by atomic mass is 10.4. The predicted molar refractivity (Wildman–Crippen MR) is 67.9 cm³/mol. The van der Waals surface area contributed by atoms with Gasteiger partial charge in [-0.2, -0.15) is 0 Å². The van der Waals surface area contributed by atoms with Crippen molar-refractivity contribution in [2.24, 2.45) is 7.05 Å². The zero-order valence-electron chi connectivity index (χ0n) is 8.70. The molecule has 0 aliphatic rings. The average Bonchev–Trinajstić information content (AvgIpc) is 2.76. The third-order valence-electron chi connectivity index (χ3n) is 2.20. The highest BCUT2D eigenvalue weighted by Gasteiger charge is 2.06. The first-order valence-corrected chi connectivity index (χ1v) is 6.36. The maximum absolute atomic E-state index is 5.44. The van der Waals surface area contributed by atoms with Crippen molar-refractivity contribution < 1.29 is 4.42 Å². The maximum atomic E-state index is 5.44. The molecule has 0 aliphatic carbocycles. The van der Waals surface area contributed by atoms with Crippen molar-refractivity contribution in [1.29, 1.82) is 0 Å². The van der Waals surface area contributed by atoms with Gasteiger partial charge in [0.05, 0.1) is 17.6 Å². The number of hydrogen-bond donors (Lipinski definition) is 1. The van der Waals surface area contributed by atoms with Gasteiger partial charge in [0.1, 0.15) is 11.6 Å².